The maximum absolute atomic E-state index is 3.94. The first-order chi connectivity index (χ1) is 7.04. The molecule has 84 valence electrons. The lowest BCUT2D eigenvalue weighted by atomic mass is 10.0. The Hall–Kier alpha value is 0.360. The fourth-order valence-electron chi connectivity index (χ4n) is 1.44. The first-order valence-corrected chi connectivity index (χ1v) is 7.21. The molecule has 1 unspecified atom stereocenters. The molecule has 0 spiro atoms. The average molecular weight is 353 g/mol. The Morgan fingerprint density at radius 1 is 1.60 bits per heavy atom. The summed E-state index contributed by atoms with van der Waals surface area (Å²) >= 11 is 8.81. The summed E-state index contributed by atoms with van der Waals surface area (Å²) < 4.78 is 2.37. The van der Waals surface area contributed by atoms with E-state index in [4.69, 9.17) is 0 Å². The number of halogens is 2. The number of hydrogen-bond donors (Lipinski definition) is 1. The summed E-state index contributed by atoms with van der Waals surface area (Å²) in [5.74, 6) is 0. The van der Waals surface area contributed by atoms with E-state index in [1.807, 2.05) is 7.05 Å². The van der Waals surface area contributed by atoms with Crippen LogP contribution in [0.1, 0.15) is 31.4 Å². The Morgan fingerprint density at radius 2 is 2.27 bits per heavy atom. The number of nitrogens with one attached hydrogen (secondary N) is 1. The van der Waals surface area contributed by atoms with Gasteiger partial charge in [-0.25, -0.2) is 0 Å². The van der Waals surface area contributed by atoms with Crippen LogP contribution in [0.5, 0.6) is 0 Å². The van der Waals surface area contributed by atoms with Gasteiger partial charge in [-0.1, -0.05) is 5.57 Å². The molecule has 15 heavy (non-hydrogen) atoms. The lowest BCUT2D eigenvalue weighted by Crippen LogP contribution is -2.16. The van der Waals surface area contributed by atoms with Gasteiger partial charge in [0.15, 0.2) is 0 Å². The minimum Gasteiger partial charge on any atom is -0.313 e. The Kier molecular flexibility index (Phi) is 5.53. The van der Waals surface area contributed by atoms with Crippen LogP contribution < -0.4 is 5.32 Å². The van der Waals surface area contributed by atoms with E-state index >= 15 is 0 Å². The molecule has 0 saturated heterocycles. The third-order valence-electron chi connectivity index (χ3n) is 2.27. The van der Waals surface area contributed by atoms with E-state index in [2.05, 4.69) is 56.7 Å². The van der Waals surface area contributed by atoms with Gasteiger partial charge in [0.25, 0.3) is 0 Å². The number of allylic oxidation sites excluding steroid dienone is 1. The molecule has 0 aliphatic rings. The molecule has 1 aromatic heterocycles. The molecule has 0 fully saturated rings. The van der Waals surface area contributed by atoms with Crippen LogP contribution in [0.15, 0.2) is 25.8 Å². The Balaban J connectivity index is 2.73. The average Bonchev–Trinajstić information content (AvgIpc) is 2.46. The molecule has 1 atom stereocenters. The molecule has 1 nitrogen and oxygen atoms in total. The van der Waals surface area contributed by atoms with Crippen LogP contribution in [0.2, 0.25) is 0 Å². The smallest absolute Gasteiger partial charge is 0.0758 e. The van der Waals surface area contributed by atoms with Crippen LogP contribution in [-0.2, 0) is 0 Å². The van der Waals surface area contributed by atoms with Crippen LogP contribution in [0.3, 0.4) is 0 Å². The molecule has 0 amide bonds. The van der Waals surface area contributed by atoms with Crippen molar-refractivity contribution in [3.05, 3.63) is 31.4 Å². The van der Waals surface area contributed by atoms with Gasteiger partial charge in [-0.05, 0) is 70.3 Å². The highest BCUT2D eigenvalue weighted by molar-refractivity contribution is 9.12. The molecule has 0 aliphatic heterocycles. The maximum Gasteiger partial charge on any atom is 0.0758 e. The molecular weight excluding hydrogens is 338 g/mol. The molecule has 0 aliphatic carbocycles. The van der Waals surface area contributed by atoms with E-state index < -0.39 is 0 Å². The van der Waals surface area contributed by atoms with Crippen LogP contribution in [0.4, 0.5) is 0 Å². The first kappa shape index (κ1) is 13.4. The fraction of sp³-hybridized carbons (Fsp3) is 0.455. The van der Waals surface area contributed by atoms with Crippen molar-refractivity contribution in [3.8, 4) is 0 Å². The number of rotatable bonds is 5. The molecule has 0 aromatic carbocycles. The first-order valence-electron chi connectivity index (χ1n) is 4.81. The SMILES string of the molecule is C=C(C)CCC(NC)c1cc(Br)sc1Br. The van der Waals surface area contributed by atoms with E-state index in [1.165, 1.54) is 18.7 Å². The second kappa shape index (κ2) is 6.18. The zero-order chi connectivity index (χ0) is 11.4. The van der Waals surface area contributed by atoms with Crippen molar-refractivity contribution in [2.24, 2.45) is 0 Å². The highest BCUT2D eigenvalue weighted by Crippen LogP contribution is 2.37. The molecule has 0 saturated carbocycles. The van der Waals surface area contributed by atoms with Gasteiger partial charge in [0, 0.05) is 6.04 Å². The highest BCUT2D eigenvalue weighted by Gasteiger charge is 2.15. The fourth-order valence-corrected chi connectivity index (χ4v) is 4.41. The van der Waals surface area contributed by atoms with Gasteiger partial charge in [0.2, 0.25) is 0 Å². The van der Waals surface area contributed by atoms with Crippen molar-refractivity contribution in [1.29, 1.82) is 0 Å². The van der Waals surface area contributed by atoms with Crippen molar-refractivity contribution >= 4 is 43.2 Å². The van der Waals surface area contributed by atoms with Crippen molar-refractivity contribution in [1.82, 2.24) is 5.32 Å². The predicted molar refractivity (Wildman–Crippen MR) is 75.6 cm³/mol. The second-order valence-electron chi connectivity index (χ2n) is 3.62. The standard InChI is InChI=1S/C11H15Br2NS/c1-7(2)4-5-9(14-3)8-6-10(12)15-11(8)13/h6,9,14H,1,4-5H2,2-3H3. The Morgan fingerprint density at radius 3 is 2.67 bits per heavy atom. The van der Waals surface area contributed by atoms with Gasteiger partial charge in [0.1, 0.15) is 0 Å². The Labute approximate surface area is 112 Å². The third-order valence-corrected chi connectivity index (χ3v) is 4.65. The third kappa shape index (κ3) is 4.02. The summed E-state index contributed by atoms with van der Waals surface area (Å²) in [6, 6.07) is 2.58. The largest absolute Gasteiger partial charge is 0.313 e. The van der Waals surface area contributed by atoms with E-state index in [9.17, 15) is 0 Å². The van der Waals surface area contributed by atoms with Crippen molar-refractivity contribution < 1.29 is 0 Å². The summed E-state index contributed by atoms with van der Waals surface area (Å²) in [6.07, 6.45) is 2.15. The van der Waals surface area contributed by atoms with Crippen LogP contribution in [0.25, 0.3) is 0 Å². The summed E-state index contributed by atoms with van der Waals surface area (Å²) in [6.45, 7) is 6.01. The lowest BCUT2D eigenvalue weighted by Gasteiger charge is -2.15. The van der Waals surface area contributed by atoms with Gasteiger partial charge in [0.05, 0.1) is 7.57 Å². The molecule has 1 heterocycles. The summed E-state index contributed by atoms with van der Waals surface area (Å²) in [4.78, 5) is 0. The predicted octanol–water partition coefficient (Wildman–Crippen LogP) is 4.89. The van der Waals surface area contributed by atoms with Gasteiger partial charge >= 0.3 is 0 Å². The lowest BCUT2D eigenvalue weighted by molar-refractivity contribution is 0.548. The summed E-state index contributed by atoms with van der Waals surface area (Å²) in [5, 5.41) is 3.34. The van der Waals surface area contributed by atoms with E-state index in [1.54, 1.807) is 11.3 Å². The van der Waals surface area contributed by atoms with Crippen molar-refractivity contribution in [2.45, 2.75) is 25.8 Å². The van der Waals surface area contributed by atoms with Crippen molar-refractivity contribution in [3.63, 3.8) is 0 Å². The van der Waals surface area contributed by atoms with Crippen molar-refractivity contribution in [2.75, 3.05) is 7.05 Å². The molecule has 1 aromatic rings. The van der Waals surface area contributed by atoms with Gasteiger partial charge in [-0.2, -0.15) is 0 Å². The van der Waals surface area contributed by atoms with E-state index in [0.29, 0.717) is 6.04 Å². The maximum atomic E-state index is 3.94. The zero-order valence-corrected chi connectivity index (χ0v) is 12.9. The normalized spacial score (nSPS) is 12.8. The molecule has 1 rings (SSSR count). The van der Waals surface area contributed by atoms with Crippen LogP contribution in [0, 0.1) is 0 Å². The van der Waals surface area contributed by atoms with Crippen LogP contribution in [-0.4, -0.2) is 7.05 Å². The molecule has 1 N–H and O–H groups in total. The zero-order valence-electron chi connectivity index (χ0n) is 8.94. The topological polar surface area (TPSA) is 12.0 Å². The van der Waals surface area contributed by atoms with E-state index in [-0.39, 0.29) is 0 Å². The monoisotopic (exact) mass is 351 g/mol. The minimum absolute atomic E-state index is 0.402. The summed E-state index contributed by atoms with van der Waals surface area (Å²) in [5.41, 5.74) is 2.57. The van der Waals surface area contributed by atoms with Crippen LogP contribution >= 0.6 is 43.2 Å². The minimum atomic E-state index is 0.402. The molecule has 0 radical (unpaired) electrons. The second-order valence-corrected chi connectivity index (χ2v) is 7.37. The molecule has 0 bridgehead atoms. The quantitative estimate of drug-likeness (QED) is 0.744. The van der Waals surface area contributed by atoms with Gasteiger partial charge < -0.3 is 5.32 Å². The molecule has 4 heteroatoms. The van der Waals surface area contributed by atoms with Gasteiger partial charge in [-0.3, -0.25) is 0 Å². The van der Waals surface area contributed by atoms with E-state index in [0.717, 1.165) is 12.8 Å². The summed E-state index contributed by atoms with van der Waals surface area (Å²) in [7, 11) is 2.00. The van der Waals surface area contributed by atoms with Gasteiger partial charge in [-0.15, -0.1) is 17.9 Å². The number of thiophene rings is 1. The number of hydrogen-bond acceptors (Lipinski definition) is 2. The Bertz CT molecular complexity index is 346. The highest BCUT2D eigenvalue weighted by atomic mass is 79.9. The molecular formula is C11H15Br2NS.